The lowest BCUT2D eigenvalue weighted by Crippen LogP contribution is -2.37. The molecule has 1 aliphatic rings. The molecule has 142 valence electrons. The van der Waals surface area contributed by atoms with E-state index in [-0.39, 0.29) is 23.5 Å². The number of H-pyrrole nitrogens is 1. The van der Waals surface area contributed by atoms with E-state index in [9.17, 15) is 8.78 Å². The maximum absolute atomic E-state index is 14.5. The third-order valence-electron chi connectivity index (χ3n) is 5.31. The Bertz CT molecular complexity index is 970. The normalized spacial score (nSPS) is 18.6. The Morgan fingerprint density at radius 1 is 1.26 bits per heavy atom. The number of nitrogens with two attached hydrogens (primary N) is 1. The van der Waals surface area contributed by atoms with Crippen molar-refractivity contribution < 1.29 is 8.78 Å². The number of hydrogen-bond donors (Lipinski definition) is 2. The molecule has 0 spiro atoms. The molecule has 2 atom stereocenters. The average Bonchev–Trinajstić information content (AvgIpc) is 3.28. The molecule has 0 saturated carbocycles. The maximum atomic E-state index is 14.5. The van der Waals surface area contributed by atoms with Crippen LogP contribution in [-0.4, -0.2) is 39.3 Å². The number of hydrogen-bond acceptors (Lipinski definition) is 5. The molecule has 3 N–H and O–H groups in total. The molecule has 27 heavy (non-hydrogen) atoms. The lowest BCUT2D eigenvalue weighted by Gasteiger charge is -2.24. The highest BCUT2D eigenvalue weighted by Gasteiger charge is 2.31. The third kappa shape index (κ3) is 3.14. The molecule has 0 aliphatic carbocycles. The summed E-state index contributed by atoms with van der Waals surface area (Å²) in [5.74, 6) is -0.671. The van der Waals surface area contributed by atoms with Gasteiger partial charge in [0.05, 0.1) is 0 Å². The summed E-state index contributed by atoms with van der Waals surface area (Å²) in [5, 5.41) is 7.54. The van der Waals surface area contributed by atoms with Gasteiger partial charge in [0.15, 0.2) is 23.1 Å². The van der Waals surface area contributed by atoms with Gasteiger partial charge in [-0.3, -0.25) is 5.10 Å². The predicted molar refractivity (Wildman–Crippen MR) is 100 cm³/mol. The summed E-state index contributed by atoms with van der Waals surface area (Å²) in [6, 6.07) is 4.44. The van der Waals surface area contributed by atoms with E-state index < -0.39 is 11.6 Å². The molecule has 0 amide bonds. The number of pyridine rings is 2. The molecule has 3 aromatic heterocycles. The van der Waals surface area contributed by atoms with Gasteiger partial charge >= 0.3 is 0 Å². The van der Waals surface area contributed by atoms with Crippen LogP contribution in [-0.2, 0) is 0 Å². The van der Waals surface area contributed by atoms with E-state index in [2.05, 4.69) is 34.0 Å². The molecule has 1 aliphatic heterocycles. The van der Waals surface area contributed by atoms with Crippen molar-refractivity contribution in [2.75, 3.05) is 18.0 Å². The first kappa shape index (κ1) is 17.8. The third-order valence-corrected chi connectivity index (χ3v) is 5.31. The van der Waals surface area contributed by atoms with Gasteiger partial charge in [-0.15, -0.1) is 0 Å². The lowest BCUT2D eigenvalue weighted by atomic mass is 9.91. The zero-order valence-corrected chi connectivity index (χ0v) is 15.3. The standard InChI is InChI=1S/C19H22F2N6/c1-10(2)15(22)11-5-7-27(9-11)19-14(21)8-13(20)17(24-19)16-12-4-3-6-23-18(12)26-25-16/h3-4,6,8,10-11,15H,5,7,9,22H2,1-2H3,(H,23,25,26)/t11-,15?/m0/s1. The molecule has 8 heteroatoms. The van der Waals surface area contributed by atoms with E-state index in [0.29, 0.717) is 35.7 Å². The van der Waals surface area contributed by atoms with Crippen LogP contribution < -0.4 is 10.6 Å². The Labute approximate surface area is 155 Å². The van der Waals surface area contributed by atoms with Crippen LogP contribution in [0.2, 0.25) is 0 Å². The number of aromatic amines is 1. The fourth-order valence-corrected chi connectivity index (χ4v) is 3.72. The number of rotatable bonds is 4. The largest absolute Gasteiger partial charge is 0.354 e. The number of fused-ring (bicyclic) bond motifs is 1. The van der Waals surface area contributed by atoms with Gasteiger partial charge in [-0.05, 0) is 30.4 Å². The zero-order valence-electron chi connectivity index (χ0n) is 15.3. The Kier molecular flexibility index (Phi) is 4.51. The number of nitrogens with zero attached hydrogens (tertiary/aromatic N) is 4. The molecule has 0 radical (unpaired) electrons. The van der Waals surface area contributed by atoms with Crippen LogP contribution in [0, 0.1) is 23.5 Å². The van der Waals surface area contributed by atoms with Gasteiger partial charge in [-0.2, -0.15) is 5.10 Å². The van der Waals surface area contributed by atoms with Gasteiger partial charge in [0.1, 0.15) is 11.4 Å². The van der Waals surface area contributed by atoms with Crippen LogP contribution in [0.15, 0.2) is 24.4 Å². The fourth-order valence-electron chi connectivity index (χ4n) is 3.72. The van der Waals surface area contributed by atoms with Crippen molar-refractivity contribution in [1.82, 2.24) is 20.2 Å². The van der Waals surface area contributed by atoms with Gasteiger partial charge in [0.25, 0.3) is 0 Å². The summed E-state index contributed by atoms with van der Waals surface area (Å²) in [4.78, 5) is 10.3. The molecule has 3 aromatic rings. The Morgan fingerprint density at radius 2 is 2.07 bits per heavy atom. The van der Waals surface area contributed by atoms with Gasteiger partial charge in [0.2, 0.25) is 0 Å². The number of nitrogens with one attached hydrogen (secondary N) is 1. The maximum Gasteiger partial charge on any atom is 0.168 e. The minimum Gasteiger partial charge on any atom is -0.354 e. The fraction of sp³-hybridized carbons (Fsp3) is 0.421. The Hall–Kier alpha value is -2.61. The highest BCUT2D eigenvalue weighted by atomic mass is 19.1. The van der Waals surface area contributed by atoms with Crippen LogP contribution in [0.25, 0.3) is 22.4 Å². The topological polar surface area (TPSA) is 83.7 Å². The van der Waals surface area contributed by atoms with Gasteiger partial charge in [0, 0.05) is 36.8 Å². The monoisotopic (exact) mass is 372 g/mol. The number of anilines is 1. The Balaban J connectivity index is 1.71. The molecular weight excluding hydrogens is 350 g/mol. The summed E-state index contributed by atoms with van der Waals surface area (Å²) in [7, 11) is 0. The van der Waals surface area contributed by atoms with Crippen LogP contribution in [0.5, 0.6) is 0 Å². The molecule has 1 saturated heterocycles. The van der Waals surface area contributed by atoms with Crippen LogP contribution in [0.4, 0.5) is 14.6 Å². The van der Waals surface area contributed by atoms with Crippen LogP contribution in [0.1, 0.15) is 20.3 Å². The van der Waals surface area contributed by atoms with E-state index in [4.69, 9.17) is 5.73 Å². The first-order valence-electron chi connectivity index (χ1n) is 9.11. The SMILES string of the molecule is CC(C)C(N)[C@H]1CCN(c2nc(-c3n[nH]c4ncccc34)c(F)cc2F)C1. The van der Waals surface area contributed by atoms with E-state index in [0.717, 1.165) is 12.5 Å². The number of aromatic nitrogens is 4. The second-order valence-corrected chi connectivity index (χ2v) is 7.41. The van der Waals surface area contributed by atoms with E-state index in [1.54, 1.807) is 18.3 Å². The first-order valence-corrected chi connectivity index (χ1v) is 9.11. The molecule has 4 rings (SSSR count). The van der Waals surface area contributed by atoms with Crippen molar-refractivity contribution in [3.63, 3.8) is 0 Å². The van der Waals surface area contributed by atoms with E-state index in [1.165, 1.54) is 0 Å². The van der Waals surface area contributed by atoms with Crippen molar-refractivity contribution in [1.29, 1.82) is 0 Å². The summed E-state index contributed by atoms with van der Waals surface area (Å²) in [6.45, 7) is 5.41. The summed E-state index contributed by atoms with van der Waals surface area (Å²) >= 11 is 0. The van der Waals surface area contributed by atoms with Crippen LogP contribution >= 0.6 is 0 Å². The van der Waals surface area contributed by atoms with Crippen molar-refractivity contribution in [3.05, 3.63) is 36.0 Å². The van der Waals surface area contributed by atoms with Crippen LogP contribution in [0.3, 0.4) is 0 Å². The molecule has 0 bridgehead atoms. The summed E-state index contributed by atoms with van der Waals surface area (Å²) < 4.78 is 29.0. The van der Waals surface area contributed by atoms with Gasteiger partial charge < -0.3 is 10.6 Å². The zero-order chi connectivity index (χ0) is 19.1. The smallest absolute Gasteiger partial charge is 0.168 e. The molecule has 6 nitrogen and oxygen atoms in total. The minimum absolute atomic E-state index is 0.0160. The molecule has 0 aromatic carbocycles. The van der Waals surface area contributed by atoms with Crippen molar-refractivity contribution in [3.8, 4) is 11.4 Å². The van der Waals surface area contributed by atoms with Crippen molar-refractivity contribution >= 4 is 16.9 Å². The quantitative estimate of drug-likeness (QED) is 0.735. The van der Waals surface area contributed by atoms with E-state index >= 15 is 0 Å². The highest BCUT2D eigenvalue weighted by molar-refractivity contribution is 5.89. The van der Waals surface area contributed by atoms with Crippen molar-refractivity contribution in [2.24, 2.45) is 17.6 Å². The number of halogens is 2. The van der Waals surface area contributed by atoms with E-state index in [1.807, 2.05) is 4.90 Å². The molecule has 4 heterocycles. The summed E-state index contributed by atoms with van der Waals surface area (Å²) in [6.07, 6.45) is 2.48. The second kappa shape index (κ2) is 6.84. The summed E-state index contributed by atoms with van der Waals surface area (Å²) in [5.41, 5.74) is 7.14. The second-order valence-electron chi connectivity index (χ2n) is 7.41. The highest BCUT2D eigenvalue weighted by Crippen LogP contribution is 2.32. The average molecular weight is 372 g/mol. The lowest BCUT2D eigenvalue weighted by molar-refractivity contribution is 0.365. The molecule has 1 fully saturated rings. The van der Waals surface area contributed by atoms with Gasteiger partial charge in [-0.1, -0.05) is 13.8 Å². The Morgan fingerprint density at radius 3 is 2.85 bits per heavy atom. The predicted octanol–water partition coefficient (Wildman–Crippen LogP) is 3.11. The minimum atomic E-state index is -0.747. The van der Waals surface area contributed by atoms with Crippen molar-refractivity contribution in [2.45, 2.75) is 26.3 Å². The van der Waals surface area contributed by atoms with Gasteiger partial charge in [-0.25, -0.2) is 18.7 Å². The molecule has 1 unspecified atom stereocenters. The first-order chi connectivity index (χ1) is 13.0. The molecular formula is C19H22F2N6.